The van der Waals surface area contributed by atoms with Crippen LogP contribution in [0.4, 0.5) is 0 Å². The molecule has 2 aliphatic carbocycles. The average molecular weight is 322 g/mol. The first-order valence-corrected chi connectivity index (χ1v) is 9.16. The molecule has 0 aromatic rings. The lowest BCUT2D eigenvalue weighted by atomic mass is 9.83. The summed E-state index contributed by atoms with van der Waals surface area (Å²) in [6.07, 6.45) is 10.3. The molecule has 2 N–H and O–H groups in total. The van der Waals surface area contributed by atoms with Crippen LogP contribution in [0.3, 0.4) is 0 Å². The van der Waals surface area contributed by atoms with Gasteiger partial charge in [-0.3, -0.25) is 9.69 Å². The number of hydrogen-bond donors (Lipinski definition) is 2. The van der Waals surface area contributed by atoms with E-state index in [0.717, 1.165) is 45.6 Å². The molecule has 1 saturated carbocycles. The van der Waals surface area contributed by atoms with Crippen LogP contribution in [-0.2, 0) is 9.53 Å². The Morgan fingerprint density at radius 3 is 2.52 bits per heavy atom. The Labute approximate surface area is 139 Å². The van der Waals surface area contributed by atoms with Crippen LogP contribution in [-0.4, -0.2) is 60.4 Å². The molecule has 3 rings (SSSR count). The normalized spacial score (nSPS) is 35.9. The molecule has 0 aromatic heterocycles. The van der Waals surface area contributed by atoms with Crippen molar-refractivity contribution in [1.82, 2.24) is 10.2 Å². The van der Waals surface area contributed by atoms with Crippen LogP contribution in [0.1, 0.15) is 44.9 Å². The van der Waals surface area contributed by atoms with E-state index in [1.54, 1.807) is 0 Å². The molecule has 5 heteroatoms. The third-order valence-electron chi connectivity index (χ3n) is 5.60. The van der Waals surface area contributed by atoms with Crippen molar-refractivity contribution in [3.05, 3.63) is 12.2 Å². The van der Waals surface area contributed by atoms with Crippen LogP contribution in [0.25, 0.3) is 0 Å². The van der Waals surface area contributed by atoms with E-state index in [9.17, 15) is 9.90 Å². The van der Waals surface area contributed by atoms with Crippen LogP contribution in [0.5, 0.6) is 0 Å². The number of aliphatic hydroxyl groups excluding tert-OH is 1. The Morgan fingerprint density at radius 2 is 1.83 bits per heavy atom. The third-order valence-corrected chi connectivity index (χ3v) is 5.60. The van der Waals surface area contributed by atoms with Gasteiger partial charge in [0.1, 0.15) is 0 Å². The van der Waals surface area contributed by atoms with Crippen LogP contribution < -0.4 is 5.32 Å². The number of amides is 1. The van der Waals surface area contributed by atoms with Crippen molar-refractivity contribution in [3.63, 3.8) is 0 Å². The van der Waals surface area contributed by atoms with Gasteiger partial charge in [0.05, 0.1) is 25.4 Å². The van der Waals surface area contributed by atoms with Gasteiger partial charge in [-0.25, -0.2) is 0 Å². The highest BCUT2D eigenvalue weighted by molar-refractivity contribution is 5.76. The summed E-state index contributed by atoms with van der Waals surface area (Å²) in [6, 6.07) is 0.584. The molecule has 1 heterocycles. The van der Waals surface area contributed by atoms with Crippen molar-refractivity contribution < 1.29 is 14.6 Å². The Morgan fingerprint density at radius 1 is 1.13 bits per heavy atom. The average Bonchev–Trinajstić information content (AvgIpc) is 2.58. The number of carbonyl (C=O) groups excluding carboxylic acids is 1. The van der Waals surface area contributed by atoms with E-state index >= 15 is 0 Å². The number of morpholine rings is 1. The van der Waals surface area contributed by atoms with Crippen molar-refractivity contribution >= 4 is 5.91 Å². The molecular weight excluding hydrogens is 292 g/mol. The summed E-state index contributed by atoms with van der Waals surface area (Å²) in [5.74, 6) is 0.614. The predicted octanol–water partition coefficient (Wildman–Crippen LogP) is 1.46. The van der Waals surface area contributed by atoms with E-state index in [-0.39, 0.29) is 11.9 Å². The number of aliphatic hydroxyl groups is 1. The van der Waals surface area contributed by atoms with E-state index < -0.39 is 6.10 Å². The zero-order chi connectivity index (χ0) is 16.1. The molecule has 1 unspecified atom stereocenters. The van der Waals surface area contributed by atoms with Gasteiger partial charge in [0, 0.05) is 25.6 Å². The highest BCUT2D eigenvalue weighted by Crippen LogP contribution is 2.30. The Kier molecular flexibility index (Phi) is 6.08. The number of hydrogen-bond acceptors (Lipinski definition) is 4. The molecule has 130 valence electrons. The second-order valence-electron chi connectivity index (χ2n) is 7.21. The lowest BCUT2D eigenvalue weighted by Crippen LogP contribution is -2.46. The van der Waals surface area contributed by atoms with Crippen LogP contribution in [0, 0.1) is 5.92 Å². The molecule has 5 nitrogen and oxygen atoms in total. The zero-order valence-electron chi connectivity index (χ0n) is 14.0. The molecule has 2 atom stereocenters. The Bertz CT molecular complexity index is 412. The number of carbonyl (C=O) groups is 1. The molecule has 0 bridgehead atoms. The number of rotatable bonds is 4. The van der Waals surface area contributed by atoms with Crippen LogP contribution >= 0.6 is 0 Å². The third kappa shape index (κ3) is 4.78. The molecule has 3 aliphatic rings. The topological polar surface area (TPSA) is 61.8 Å². The summed E-state index contributed by atoms with van der Waals surface area (Å²) in [4.78, 5) is 14.8. The van der Waals surface area contributed by atoms with Gasteiger partial charge in [-0.2, -0.15) is 0 Å². The minimum atomic E-state index is -0.430. The summed E-state index contributed by atoms with van der Waals surface area (Å²) < 4.78 is 5.43. The maximum absolute atomic E-state index is 12.2. The maximum atomic E-state index is 12.2. The molecule has 1 saturated heterocycles. The molecular formula is C18H30N2O3. The lowest BCUT2D eigenvalue weighted by molar-refractivity contribution is -0.124. The molecule has 23 heavy (non-hydrogen) atoms. The van der Waals surface area contributed by atoms with Crippen LogP contribution in [0.2, 0.25) is 0 Å². The zero-order valence-corrected chi connectivity index (χ0v) is 14.0. The molecule has 2 fully saturated rings. The molecule has 0 aromatic carbocycles. The smallest absolute Gasteiger partial charge is 0.220 e. The predicted molar refractivity (Wildman–Crippen MR) is 89.1 cm³/mol. The van der Waals surface area contributed by atoms with Crippen molar-refractivity contribution in [2.75, 3.05) is 26.3 Å². The minimum Gasteiger partial charge on any atom is -0.391 e. The molecule has 1 amide bonds. The van der Waals surface area contributed by atoms with E-state index in [4.69, 9.17) is 4.74 Å². The van der Waals surface area contributed by atoms with Crippen molar-refractivity contribution in [2.45, 2.75) is 63.1 Å². The van der Waals surface area contributed by atoms with Gasteiger partial charge in [0.15, 0.2) is 0 Å². The van der Waals surface area contributed by atoms with Gasteiger partial charge in [-0.1, -0.05) is 12.2 Å². The van der Waals surface area contributed by atoms with E-state index in [1.807, 2.05) is 12.2 Å². The fourth-order valence-corrected chi connectivity index (χ4v) is 4.14. The highest BCUT2D eigenvalue weighted by atomic mass is 16.5. The minimum absolute atomic E-state index is 0.0998. The first kappa shape index (κ1) is 16.9. The van der Waals surface area contributed by atoms with Gasteiger partial charge >= 0.3 is 0 Å². The summed E-state index contributed by atoms with van der Waals surface area (Å²) >= 11 is 0. The van der Waals surface area contributed by atoms with Gasteiger partial charge in [0.25, 0.3) is 0 Å². The Balaban J connectivity index is 1.38. The van der Waals surface area contributed by atoms with Crippen LogP contribution in [0.15, 0.2) is 12.2 Å². The summed E-state index contributed by atoms with van der Waals surface area (Å²) in [7, 11) is 0. The Hall–Kier alpha value is -0.910. The van der Waals surface area contributed by atoms with E-state index in [1.165, 1.54) is 12.8 Å². The van der Waals surface area contributed by atoms with E-state index in [0.29, 0.717) is 24.8 Å². The van der Waals surface area contributed by atoms with Crippen molar-refractivity contribution in [3.8, 4) is 0 Å². The first-order chi connectivity index (χ1) is 11.2. The first-order valence-electron chi connectivity index (χ1n) is 9.16. The molecule has 0 spiro atoms. The van der Waals surface area contributed by atoms with Crippen molar-refractivity contribution in [1.29, 1.82) is 0 Å². The summed E-state index contributed by atoms with van der Waals surface area (Å²) in [5, 5.41) is 12.9. The molecule has 0 radical (unpaired) electrons. The van der Waals surface area contributed by atoms with Gasteiger partial charge in [0.2, 0.25) is 5.91 Å². The number of nitrogens with zero attached hydrogens (tertiary/aromatic N) is 1. The standard InChI is InChI=1S/C18H30N2O3/c21-17-4-2-1-3-16(17)19-18(22)13-14-5-7-15(8-6-14)20-9-11-23-12-10-20/h1-2,14-17,21H,3-13H2,(H,19,22)/t14?,15?,16?,17-/m1/s1. The van der Waals surface area contributed by atoms with E-state index in [2.05, 4.69) is 10.2 Å². The summed E-state index contributed by atoms with van der Waals surface area (Å²) in [6.45, 7) is 3.84. The molecule has 1 aliphatic heterocycles. The largest absolute Gasteiger partial charge is 0.391 e. The number of ether oxygens (including phenoxy) is 1. The lowest BCUT2D eigenvalue weighted by Gasteiger charge is -2.38. The summed E-state index contributed by atoms with van der Waals surface area (Å²) in [5.41, 5.74) is 0. The SMILES string of the molecule is O=C(CC1CCC(N2CCOCC2)CC1)NC1CC=CC[C@H]1O. The fourth-order valence-electron chi connectivity index (χ4n) is 4.14. The quantitative estimate of drug-likeness (QED) is 0.769. The van der Waals surface area contributed by atoms with Gasteiger partial charge < -0.3 is 15.2 Å². The highest BCUT2D eigenvalue weighted by Gasteiger charge is 2.29. The van der Waals surface area contributed by atoms with Gasteiger partial charge in [-0.15, -0.1) is 0 Å². The second kappa shape index (κ2) is 8.27. The maximum Gasteiger partial charge on any atom is 0.220 e. The number of nitrogens with one attached hydrogen (secondary N) is 1. The monoisotopic (exact) mass is 322 g/mol. The fraction of sp³-hybridized carbons (Fsp3) is 0.833. The van der Waals surface area contributed by atoms with Gasteiger partial charge in [-0.05, 0) is 44.4 Å². The second-order valence-corrected chi connectivity index (χ2v) is 7.21. The van der Waals surface area contributed by atoms with Crippen molar-refractivity contribution in [2.24, 2.45) is 5.92 Å².